The van der Waals surface area contributed by atoms with Gasteiger partial charge in [0, 0.05) is 12.1 Å². The second kappa shape index (κ2) is 6.26. The topological polar surface area (TPSA) is 138 Å². The van der Waals surface area contributed by atoms with E-state index < -0.39 is 21.7 Å². The van der Waals surface area contributed by atoms with Gasteiger partial charge >= 0.3 is 11.9 Å². The summed E-state index contributed by atoms with van der Waals surface area (Å²) < 4.78 is 4.75. The molecule has 0 saturated heterocycles. The second-order valence-electron chi connectivity index (χ2n) is 3.85. The van der Waals surface area contributed by atoms with Crippen LogP contribution in [0.3, 0.4) is 0 Å². The highest BCUT2D eigenvalue weighted by atomic mass is 16.7. The summed E-state index contributed by atoms with van der Waals surface area (Å²) in [4.78, 5) is 35.7. The highest BCUT2D eigenvalue weighted by molar-refractivity contribution is 5.90. The molecule has 0 unspecified atom stereocenters. The Labute approximate surface area is 121 Å². The van der Waals surface area contributed by atoms with E-state index in [1.165, 1.54) is 24.3 Å². The highest BCUT2D eigenvalue weighted by Crippen LogP contribution is 2.15. The maximum Gasteiger partial charge on any atom is 0.433 e. The summed E-state index contributed by atoms with van der Waals surface area (Å²) >= 11 is 0. The van der Waals surface area contributed by atoms with Crippen molar-refractivity contribution in [1.82, 2.24) is 0 Å². The average Bonchev–Trinajstić information content (AvgIpc) is 2.96. The Morgan fingerprint density at radius 3 is 2.59 bits per heavy atom. The molecule has 0 N–H and O–H groups in total. The van der Waals surface area contributed by atoms with Gasteiger partial charge < -0.3 is 9.25 Å². The Bertz CT molecular complexity index is 766. The number of oxime groups is 1. The molecule has 10 heteroatoms. The van der Waals surface area contributed by atoms with E-state index in [2.05, 4.69) is 9.99 Å². The fourth-order valence-corrected chi connectivity index (χ4v) is 1.44. The molecule has 1 aromatic carbocycles. The smallest absolute Gasteiger partial charge is 0.400 e. The number of benzene rings is 1. The van der Waals surface area contributed by atoms with E-state index in [-0.39, 0.29) is 17.0 Å². The first kappa shape index (κ1) is 14.8. The van der Waals surface area contributed by atoms with E-state index in [4.69, 9.17) is 4.42 Å². The first-order chi connectivity index (χ1) is 10.5. The van der Waals surface area contributed by atoms with Crippen LogP contribution in [0.25, 0.3) is 0 Å². The molecule has 2 aromatic rings. The standard InChI is InChI=1S/C12H7N3O7/c16-12(8-2-1-3-9(6-8)14(17)18)22-13-7-10-4-5-11(21-10)15(19)20/h1-7H. The van der Waals surface area contributed by atoms with Crippen molar-refractivity contribution < 1.29 is 23.9 Å². The predicted molar refractivity (Wildman–Crippen MR) is 71.5 cm³/mol. The molecule has 22 heavy (non-hydrogen) atoms. The van der Waals surface area contributed by atoms with Crippen molar-refractivity contribution in [3.8, 4) is 0 Å². The Morgan fingerprint density at radius 2 is 1.95 bits per heavy atom. The van der Waals surface area contributed by atoms with Crippen LogP contribution in [0.4, 0.5) is 11.6 Å². The Kier molecular flexibility index (Phi) is 4.22. The minimum atomic E-state index is -0.916. The zero-order valence-electron chi connectivity index (χ0n) is 10.7. The van der Waals surface area contributed by atoms with Gasteiger partial charge in [0.1, 0.15) is 11.1 Å². The number of hydrogen-bond donors (Lipinski definition) is 0. The van der Waals surface area contributed by atoms with Crippen LogP contribution < -0.4 is 0 Å². The largest absolute Gasteiger partial charge is 0.433 e. The quantitative estimate of drug-likeness (QED) is 0.357. The molecule has 0 atom stereocenters. The van der Waals surface area contributed by atoms with Crippen LogP contribution in [0, 0.1) is 20.2 Å². The fourth-order valence-electron chi connectivity index (χ4n) is 1.44. The maximum atomic E-state index is 11.6. The van der Waals surface area contributed by atoms with Crippen molar-refractivity contribution >= 4 is 23.8 Å². The molecule has 0 aliphatic heterocycles. The van der Waals surface area contributed by atoms with Gasteiger partial charge in [0.15, 0.2) is 5.76 Å². The molecule has 0 aliphatic carbocycles. The summed E-state index contributed by atoms with van der Waals surface area (Å²) in [5.41, 5.74) is -0.322. The number of non-ortho nitro benzene ring substituents is 1. The molecule has 1 heterocycles. The minimum absolute atomic E-state index is 0.0125. The predicted octanol–water partition coefficient (Wildman–Crippen LogP) is 2.29. The number of nitro groups is 2. The summed E-state index contributed by atoms with van der Waals surface area (Å²) in [6.45, 7) is 0. The molecule has 112 valence electrons. The summed E-state index contributed by atoms with van der Waals surface area (Å²) in [6, 6.07) is 7.29. The zero-order valence-corrected chi connectivity index (χ0v) is 10.7. The van der Waals surface area contributed by atoms with Crippen LogP contribution in [0.15, 0.2) is 46.0 Å². The van der Waals surface area contributed by atoms with Gasteiger partial charge in [-0.25, -0.2) is 4.79 Å². The Hall–Kier alpha value is -3.56. The van der Waals surface area contributed by atoms with E-state index in [1.54, 1.807) is 0 Å². The van der Waals surface area contributed by atoms with Crippen molar-refractivity contribution in [3.05, 3.63) is 68.0 Å². The van der Waals surface area contributed by atoms with Gasteiger partial charge in [-0.1, -0.05) is 11.2 Å². The SMILES string of the molecule is O=C(ON=Cc1ccc([N+](=O)[O-])o1)c1cccc([N+](=O)[O-])c1. The molecule has 10 nitrogen and oxygen atoms in total. The molecule has 2 rings (SSSR count). The average molecular weight is 305 g/mol. The van der Waals surface area contributed by atoms with Crippen LogP contribution in [0.5, 0.6) is 0 Å². The minimum Gasteiger partial charge on any atom is -0.400 e. The van der Waals surface area contributed by atoms with E-state index in [0.29, 0.717) is 0 Å². The first-order valence-electron chi connectivity index (χ1n) is 5.71. The van der Waals surface area contributed by atoms with Crippen molar-refractivity contribution in [2.75, 3.05) is 0 Å². The number of hydrogen-bond acceptors (Lipinski definition) is 8. The number of rotatable bonds is 5. The summed E-state index contributed by atoms with van der Waals surface area (Å²) in [5, 5.41) is 24.3. The molecule has 0 spiro atoms. The Morgan fingerprint density at radius 1 is 1.18 bits per heavy atom. The van der Waals surface area contributed by atoms with E-state index in [1.807, 2.05) is 0 Å². The molecule has 0 saturated carbocycles. The van der Waals surface area contributed by atoms with Crippen LogP contribution >= 0.6 is 0 Å². The first-order valence-corrected chi connectivity index (χ1v) is 5.71. The van der Waals surface area contributed by atoms with Crippen molar-refractivity contribution in [2.45, 2.75) is 0 Å². The third kappa shape index (κ3) is 3.50. The third-order valence-corrected chi connectivity index (χ3v) is 2.40. The van der Waals surface area contributed by atoms with Gasteiger partial charge in [-0.2, -0.15) is 0 Å². The number of furan rings is 1. The second-order valence-corrected chi connectivity index (χ2v) is 3.85. The van der Waals surface area contributed by atoms with Gasteiger partial charge in [-0.15, -0.1) is 0 Å². The monoisotopic (exact) mass is 305 g/mol. The molecule has 0 aliphatic rings. The molecule has 0 bridgehead atoms. The molecule has 0 fully saturated rings. The lowest BCUT2D eigenvalue weighted by molar-refractivity contribution is -0.402. The van der Waals surface area contributed by atoms with Gasteiger partial charge in [0.2, 0.25) is 0 Å². The summed E-state index contributed by atoms with van der Waals surface area (Å²) in [6.07, 6.45) is 0.961. The van der Waals surface area contributed by atoms with Gasteiger partial charge in [-0.05, 0) is 12.1 Å². The lowest BCUT2D eigenvalue weighted by Gasteiger charge is -1.97. The molecule has 0 amide bonds. The van der Waals surface area contributed by atoms with Crippen LogP contribution in [-0.4, -0.2) is 22.0 Å². The number of carbonyl (C=O) groups is 1. The molecule has 0 radical (unpaired) electrons. The number of nitro benzene ring substituents is 1. The van der Waals surface area contributed by atoms with Crippen LogP contribution in [-0.2, 0) is 4.84 Å². The van der Waals surface area contributed by atoms with Crippen molar-refractivity contribution in [3.63, 3.8) is 0 Å². The van der Waals surface area contributed by atoms with Gasteiger partial charge in [0.05, 0.1) is 16.6 Å². The normalized spacial score (nSPS) is 10.5. The van der Waals surface area contributed by atoms with E-state index in [9.17, 15) is 25.0 Å². The number of carbonyl (C=O) groups excluding carboxylic acids is 1. The van der Waals surface area contributed by atoms with E-state index >= 15 is 0 Å². The van der Waals surface area contributed by atoms with Crippen LogP contribution in [0.1, 0.15) is 16.1 Å². The van der Waals surface area contributed by atoms with Crippen molar-refractivity contribution in [1.29, 1.82) is 0 Å². The third-order valence-electron chi connectivity index (χ3n) is 2.40. The summed E-state index contributed by atoms with van der Waals surface area (Å²) in [5.74, 6) is -1.38. The van der Waals surface area contributed by atoms with Gasteiger partial charge in [0.25, 0.3) is 5.69 Å². The fraction of sp³-hybridized carbons (Fsp3) is 0. The molecular formula is C12H7N3O7. The lowest BCUT2D eigenvalue weighted by atomic mass is 10.2. The molecule has 1 aromatic heterocycles. The van der Waals surface area contributed by atoms with E-state index in [0.717, 1.165) is 18.3 Å². The Balaban J connectivity index is 2.02. The molecular weight excluding hydrogens is 298 g/mol. The van der Waals surface area contributed by atoms with Gasteiger partial charge in [-0.3, -0.25) is 20.2 Å². The number of nitrogens with zero attached hydrogens (tertiary/aromatic N) is 3. The lowest BCUT2D eigenvalue weighted by Crippen LogP contribution is -2.01. The highest BCUT2D eigenvalue weighted by Gasteiger charge is 2.13. The van der Waals surface area contributed by atoms with Crippen molar-refractivity contribution in [2.24, 2.45) is 5.16 Å². The zero-order chi connectivity index (χ0) is 16.1. The van der Waals surface area contributed by atoms with Crippen LogP contribution in [0.2, 0.25) is 0 Å². The maximum absolute atomic E-state index is 11.6. The summed E-state index contributed by atoms with van der Waals surface area (Å²) in [7, 11) is 0.